The van der Waals surface area contributed by atoms with Crippen LogP contribution >= 0.6 is 0 Å². The molecule has 0 atom stereocenters. The van der Waals surface area contributed by atoms with Crippen molar-refractivity contribution in [2.75, 3.05) is 11.9 Å². The van der Waals surface area contributed by atoms with Gasteiger partial charge in [0.15, 0.2) is 5.82 Å². The number of rotatable bonds is 6. The van der Waals surface area contributed by atoms with Crippen molar-refractivity contribution in [1.82, 2.24) is 25.5 Å². The molecule has 1 aromatic carbocycles. The molecule has 4 rings (SSSR count). The lowest BCUT2D eigenvalue weighted by atomic mass is 10.00. The summed E-state index contributed by atoms with van der Waals surface area (Å²) in [5, 5.41) is 27.3. The lowest BCUT2D eigenvalue weighted by Crippen LogP contribution is -2.47. The van der Waals surface area contributed by atoms with E-state index in [0.717, 1.165) is 55.6 Å². The Morgan fingerprint density at radius 1 is 1.27 bits per heavy atom. The molecule has 2 aliphatic rings. The average Bonchev–Trinajstić information content (AvgIpc) is 3.20. The number of tetrazole rings is 1. The maximum absolute atomic E-state index is 12.2. The molecule has 1 heterocycles. The summed E-state index contributed by atoms with van der Waals surface area (Å²) < 4.78 is 1.87. The molecule has 0 aliphatic heterocycles. The maximum atomic E-state index is 12.2. The van der Waals surface area contributed by atoms with Crippen LogP contribution in [0.5, 0.6) is 0 Å². The van der Waals surface area contributed by atoms with E-state index in [1.807, 2.05) is 28.9 Å². The van der Waals surface area contributed by atoms with Gasteiger partial charge in [-0.2, -0.15) is 5.26 Å². The van der Waals surface area contributed by atoms with Crippen LogP contribution in [0.25, 0.3) is 11.4 Å². The molecule has 2 aromatic rings. The highest BCUT2D eigenvalue weighted by Crippen LogP contribution is 2.36. The van der Waals surface area contributed by atoms with Gasteiger partial charge < -0.3 is 10.6 Å². The van der Waals surface area contributed by atoms with Gasteiger partial charge >= 0.3 is 0 Å². The minimum absolute atomic E-state index is 0.141. The molecule has 2 N–H and O–H groups in total. The van der Waals surface area contributed by atoms with Gasteiger partial charge in [0, 0.05) is 11.3 Å². The molecule has 0 spiro atoms. The number of nitrogens with zero attached hydrogens (tertiary/aromatic N) is 5. The number of hydrogen-bond donors (Lipinski definition) is 2. The predicted molar refractivity (Wildman–Crippen MR) is 95.0 cm³/mol. The van der Waals surface area contributed by atoms with Gasteiger partial charge in [-0.25, -0.2) is 4.68 Å². The van der Waals surface area contributed by atoms with Gasteiger partial charge in [-0.3, -0.25) is 4.79 Å². The van der Waals surface area contributed by atoms with Crippen LogP contribution in [0.15, 0.2) is 24.3 Å². The maximum Gasteiger partial charge on any atom is 0.240 e. The first kappa shape index (κ1) is 16.5. The molecule has 0 bridgehead atoms. The van der Waals surface area contributed by atoms with Crippen LogP contribution in [0.2, 0.25) is 0 Å². The highest BCUT2D eigenvalue weighted by Gasteiger charge is 2.35. The Balaban J connectivity index is 1.35. The average molecular weight is 351 g/mol. The van der Waals surface area contributed by atoms with E-state index in [0.29, 0.717) is 6.04 Å². The van der Waals surface area contributed by atoms with Crippen molar-refractivity contribution in [2.24, 2.45) is 0 Å². The van der Waals surface area contributed by atoms with Crippen molar-refractivity contribution in [3.63, 3.8) is 0 Å². The van der Waals surface area contributed by atoms with E-state index in [1.165, 1.54) is 0 Å². The monoisotopic (exact) mass is 351 g/mol. The zero-order chi connectivity index (χ0) is 18.0. The summed E-state index contributed by atoms with van der Waals surface area (Å²) in [7, 11) is 0. The zero-order valence-electron chi connectivity index (χ0n) is 14.5. The number of carbonyl (C=O) groups excluding carboxylic acids is 1. The van der Waals surface area contributed by atoms with Crippen LogP contribution in [-0.4, -0.2) is 38.2 Å². The molecule has 2 aliphatic carbocycles. The quantitative estimate of drug-likeness (QED) is 0.824. The molecule has 26 heavy (non-hydrogen) atoms. The minimum atomic E-state index is -0.678. The van der Waals surface area contributed by atoms with E-state index in [-0.39, 0.29) is 12.5 Å². The Hall–Kier alpha value is -2.95. The van der Waals surface area contributed by atoms with Gasteiger partial charge in [-0.1, -0.05) is 0 Å². The summed E-state index contributed by atoms with van der Waals surface area (Å²) in [6.07, 6.45) is 5.69. The van der Waals surface area contributed by atoms with Gasteiger partial charge in [-0.05, 0) is 73.2 Å². The van der Waals surface area contributed by atoms with Crippen molar-refractivity contribution < 1.29 is 4.79 Å². The van der Waals surface area contributed by atoms with E-state index < -0.39 is 5.54 Å². The molecule has 8 heteroatoms. The highest BCUT2D eigenvalue weighted by atomic mass is 16.2. The normalized spacial score (nSPS) is 18.3. The van der Waals surface area contributed by atoms with Gasteiger partial charge in [0.05, 0.1) is 18.7 Å². The zero-order valence-corrected chi connectivity index (χ0v) is 14.5. The molecule has 2 fully saturated rings. The first-order valence-electron chi connectivity index (χ1n) is 9.04. The smallest absolute Gasteiger partial charge is 0.240 e. The standard InChI is InChI=1S/C18H21N7O/c19-12-18(9-1-2-10-18)21-16(26)11-20-14-5-3-13(4-6-14)17-22-23-24-25(17)15-7-8-15/h3-6,15,20H,1-2,7-11H2,(H,21,26). The second-order valence-corrected chi connectivity index (χ2v) is 7.06. The third-order valence-corrected chi connectivity index (χ3v) is 5.03. The van der Waals surface area contributed by atoms with Gasteiger partial charge in [0.25, 0.3) is 0 Å². The number of carbonyl (C=O) groups is 1. The van der Waals surface area contributed by atoms with E-state index in [1.54, 1.807) is 0 Å². The first-order valence-corrected chi connectivity index (χ1v) is 9.04. The summed E-state index contributed by atoms with van der Waals surface area (Å²) in [5.74, 6) is 0.615. The largest absolute Gasteiger partial charge is 0.376 e. The minimum Gasteiger partial charge on any atom is -0.376 e. The van der Waals surface area contributed by atoms with Crippen molar-refractivity contribution in [1.29, 1.82) is 5.26 Å². The molecule has 2 saturated carbocycles. The fourth-order valence-electron chi connectivity index (χ4n) is 3.42. The lowest BCUT2D eigenvalue weighted by Gasteiger charge is -2.22. The van der Waals surface area contributed by atoms with Crippen LogP contribution in [0, 0.1) is 11.3 Å². The van der Waals surface area contributed by atoms with Crippen molar-refractivity contribution >= 4 is 11.6 Å². The second kappa shape index (κ2) is 6.75. The molecule has 1 amide bonds. The number of amides is 1. The van der Waals surface area contributed by atoms with E-state index in [2.05, 4.69) is 32.2 Å². The second-order valence-electron chi connectivity index (χ2n) is 7.06. The van der Waals surface area contributed by atoms with Gasteiger partial charge in [-0.15, -0.1) is 5.10 Å². The number of benzene rings is 1. The Labute approximate surface area is 151 Å². The number of hydrogen-bond acceptors (Lipinski definition) is 6. The van der Waals surface area contributed by atoms with Crippen molar-refractivity contribution in [2.45, 2.75) is 50.1 Å². The molecule has 0 saturated heterocycles. The summed E-state index contributed by atoms with van der Waals surface area (Å²) in [6.45, 7) is 0.141. The van der Waals surface area contributed by atoms with Crippen molar-refractivity contribution in [3.8, 4) is 17.5 Å². The first-order chi connectivity index (χ1) is 12.7. The van der Waals surface area contributed by atoms with Crippen LogP contribution in [-0.2, 0) is 4.79 Å². The number of nitrogens with one attached hydrogen (secondary N) is 2. The third kappa shape index (κ3) is 3.38. The van der Waals surface area contributed by atoms with Crippen LogP contribution in [0.1, 0.15) is 44.6 Å². The fourth-order valence-corrected chi connectivity index (χ4v) is 3.42. The van der Waals surface area contributed by atoms with E-state index in [4.69, 9.17) is 0 Å². The van der Waals surface area contributed by atoms with Gasteiger partial charge in [0.1, 0.15) is 5.54 Å². The summed E-state index contributed by atoms with van der Waals surface area (Å²) in [6, 6.07) is 10.4. The van der Waals surface area contributed by atoms with Crippen LogP contribution in [0.4, 0.5) is 5.69 Å². The molecule has 1 aromatic heterocycles. The summed E-state index contributed by atoms with van der Waals surface area (Å²) in [4.78, 5) is 12.2. The summed E-state index contributed by atoms with van der Waals surface area (Å²) >= 11 is 0. The number of nitriles is 1. The van der Waals surface area contributed by atoms with Crippen molar-refractivity contribution in [3.05, 3.63) is 24.3 Å². The molecule has 134 valence electrons. The predicted octanol–water partition coefficient (Wildman–Crippen LogP) is 2.04. The Morgan fingerprint density at radius 3 is 2.65 bits per heavy atom. The molecule has 0 unspecified atom stereocenters. The van der Waals surface area contributed by atoms with Crippen LogP contribution in [0.3, 0.4) is 0 Å². The lowest BCUT2D eigenvalue weighted by molar-refractivity contribution is -0.120. The topological polar surface area (TPSA) is 109 Å². The third-order valence-electron chi connectivity index (χ3n) is 5.03. The Morgan fingerprint density at radius 2 is 2.00 bits per heavy atom. The van der Waals surface area contributed by atoms with E-state index in [9.17, 15) is 10.1 Å². The molecular formula is C18H21N7O. The number of aromatic nitrogens is 4. The SMILES string of the molecule is N#CC1(NC(=O)CNc2ccc(-c3nnnn3C3CC3)cc2)CCCC1. The van der Waals surface area contributed by atoms with E-state index >= 15 is 0 Å². The fraction of sp³-hybridized carbons (Fsp3) is 0.500. The summed E-state index contributed by atoms with van der Waals surface area (Å²) in [5.41, 5.74) is 1.11. The Kier molecular flexibility index (Phi) is 4.29. The Bertz CT molecular complexity index is 826. The van der Waals surface area contributed by atoms with Gasteiger partial charge in [0.2, 0.25) is 5.91 Å². The van der Waals surface area contributed by atoms with Crippen LogP contribution < -0.4 is 10.6 Å². The molecular weight excluding hydrogens is 330 g/mol. The number of anilines is 1. The highest BCUT2D eigenvalue weighted by molar-refractivity contribution is 5.82. The molecule has 8 nitrogen and oxygen atoms in total. The molecule has 0 radical (unpaired) electrons.